The molecule has 0 bridgehead atoms. The minimum absolute atomic E-state index is 0.214. The molecule has 1 aliphatic carbocycles. The van der Waals surface area contributed by atoms with Crippen molar-refractivity contribution in [3.05, 3.63) is 35.9 Å². The quantitative estimate of drug-likeness (QED) is 0.494. The number of amides is 1. The Kier molecular flexibility index (Phi) is 7.33. The third-order valence-corrected chi connectivity index (χ3v) is 4.07. The van der Waals surface area contributed by atoms with Crippen LogP contribution in [0.5, 0.6) is 5.75 Å². The maximum atomic E-state index is 11.9. The van der Waals surface area contributed by atoms with Gasteiger partial charge in [-0.25, -0.2) is 4.79 Å². The number of ether oxygens (including phenoxy) is 2. The zero-order valence-electron chi connectivity index (χ0n) is 14.1. The van der Waals surface area contributed by atoms with Crippen LogP contribution in [-0.4, -0.2) is 31.6 Å². The van der Waals surface area contributed by atoms with Crippen LogP contribution in [0.15, 0.2) is 30.3 Å². The van der Waals surface area contributed by atoms with Crippen LogP contribution >= 0.6 is 0 Å². The average molecular weight is 331 g/mol. The number of rotatable bonds is 6. The number of hydrogen-bond acceptors (Lipinski definition) is 4. The summed E-state index contributed by atoms with van der Waals surface area (Å²) in [5, 5.41) is 2.95. The summed E-state index contributed by atoms with van der Waals surface area (Å²) in [6, 6.07) is 7.54. The molecule has 1 amide bonds. The fourth-order valence-electron chi connectivity index (χ4n) is 2.79. The van der Waals surface area contributed by atoms with E-state index in [4.69, 9.17) is 9.47 Å². The molecule has 0 aromatic heterocycles. The van der Waals surface area contributed by atoms with Gasteiger partial charge in [0.15, 0.2) is 6.61 Å². The van der Waals surface area contributed by atoms with Crippen LogP contribution in [-0.2, 0) is 14.3 Å². The third kappa shape index (κ3) is 6.44. The van der Waals surface area contributed by atoms with Crippen molar-refractivity contribution < 1.29 is 19.1 Å². The van der Waals surface area contributed by atoms with Crippen molar-refractivity contribution in [1.82, 2.24) is 5.32 Å². The van der Waals surface area contributed by atoms with Gasteiger partial charge in [-0.05, 0) is 36.6 Å². The van der Waals surface area contributed by atoms with Gasteiger partial charge in [0, 0.05) is 12.1 Å². The van der Waals surface area contributed by atoms with Crippen molar-refractivity contribution in [1.29, 1.82) is 0 Å². The zero-order chi connectivity index (χ0) is 17.2. The second kappa shape index (κ2) is 9.75. The predicted molar refractivity (Wildman–Crippen MR) is 92.6 cm³/mol. The van der Waals surface area contributed by atoms with E-state index < -0.39 is 5.97 Å². The number of nitrogens with one attached hydrogen (secondary N) is 1. The summed E-state index contributed by atoms with van der Waals surface area (Å²) in [7, 11) is 1.59. The number of carbonyl (C=O) groups excluding carboxylic acids is 2. The molecule has 1 aromatic rings. The number of carbonyl (C=O) groups is 2. The van der Waals surface area contributed by atoms with Crippen LogP contribution in [0.25, 0.3) is 6.08 Å². The molecule has 0 radical (unpaired) electrons. The molecule has 0 saturated heterocycles. The van der Waals surface area contributed by atoms with Crippen molar-refractivity contribution in [2.45, 2.75) is 44.6 Å². The van der Waals surface area contributed by atoms with Gasteiger partial charge < -0.3 is 14.8 Å². The monoisotopic (exact) mass is 331 g/mol. The fraction of sp³-hybridized carbons (Fsp3) is 0.474. The molecule has 130 valence electrons. The molecule has 1 saturated carbocycles. The van der Waals surface area contributed by atoms with Gasteiger partial charge in [0.2, 0.25) is 0 Å². The lowest BCUT2D eigenvalue weighted by Crippen LogP contribution is -2.37. The molecule has 24 heavy (non-hydrogen) atoms. The molecule has 0 heterocycles. The SMILES string of the molecule is COc1cccc(C=CC(=O)OCC(=O)NC2CCCCCC2)c1. The topological polar surface area (TPSA) is 64.6 Å². The summed E-state index contributed by atoms with van der Waals surface area (Å²) >= 11 is 0. The highest BCUT2D eigenvalue weighted by Crippen LogP contribution is 2.17. The van der Waals surface area contributed by atoms with Crippen molar-refractivity contribution >= 4 is 18.0 Å². The van der Waals surface area contributed by atoms with Gasteiger partial charge in [-0.15, -0.1) is 0 Å². The maximum absolute atomic E-state index is 11.9. The lowest BCUT2D eigenvalue weighted by Gasteiger charge is -2.15. The van der Waals surface area contributed by atoms with E-state index in [2.05, 4.69) is 5.32 Å². The van der Waals surface area contributed by atoms with E-state index in [1.807, 2.05) is 24.3 Å². The largest absolute Gasteiger partial charge is 0.497 e. The number of esters is 1. The van der Waals surface area contributed by atoms with E-state index in [0.29, 0.717) is 5.75 Å². The van der Waals surface area contributed by atoms with Gasteiger partial charge in [0.05, 0.1) is 7.11 Å². The lowest BCUT2D eigenvalue weighted by molar-refractivity contribution is -0.144. The minimum atomic E-state index is -0.533. The van der Waals surface area contributed by atoms with Crippen LogP contribution in [0.1, 0.15) is 44.1 Å². The first-order valence-electron chi connectivity index (χ1n) is 8.45. The molecule has 1 aromatic carbocycles. The summed E-state index contributed by atoms with van der Waals surface area (Å²) in [5.41, 5.74) is 0.828. The molecule has 2 rings (SSSR count). The van der Waals surface area contributed by atoms with Gasteiger partial charge in [-0.1, -0.05) is 37.8 Å². The first kappa shape index (κ1) is 18.0. The summed E-state index contributed by atoms with van der Waals surface area (Å²) in [5.74, 6) is -0.0489. The molecule has 1 aliphatic rings. The van der Waals surface area contributed by atoms with E-state index in [-0.39, 0.29) is 18.6 Å². The number of hydrogen-bond donors (Lipinski definition) is 1. The molecular formula is C19H25NO4. The summed E-state index contributed by atoms with van der Waals surface area (Å²) in [4.78, 5) is 23.6. The van der Waals surface area contributed by atoms with E-state index in [1.54, 1.807) is 13.2 Å². The second-order valence-corrected chi connectivity index (χ2v) is 5.97. The standard InChI is InChI=1S/C19H25NO4/c1-23-17-10-6-7-15(13-17)11-12-19(22)24-14-18(21)20-16-8-4-2-3-5-9-16/h6-7,10-13,16H,2-5,8-9,14H2,1H3,(H,20,21). The molecule has 0 atom stereocenters. The van der Waals surface area contributed by atoms with Crippen LogP contribution in [0, 0.1) is 0 Å². The first-order valence-corrected chi connectivity index (χ1v) is 8.45. The highest BCUT2D eigenvalue weighted by atomic mass is 16.5. The number of benzene rings is 1. The molecule has 1 fully saturated rings. The minimum Gasteiger partial charge on any atom is -0.497 e. The predicted octanol–water partition coefficient (Wildman–Crippen LogP) is 3.09. The van der Waals surface area contributed by atoms with Crippen molar-refractivity contribution in [3.8, 4) is 5.75 Å². The third-order valence-electron chi connectivity index (χ3n) is 4.07. The van der Waals surface area contributed by atoms with Crippen molar-refractivity contribution in [2.75, 3.05) is 13.7 Å². The Morgan fingerprint density at radius 1 is 1.21 bits per heavy atom. The summed E-state index contributed by atoms with van der Waals surface area (Å²) < 4.78 is 10.1. The van der Waals surface area contributed by atoms with Crippen molar-refractivity contribution in [2.24, 2.45) is 0 Å². The number of methoxy groups -OCH3 is 1. The molecule has 1 N–H and O–H groups in total. The normalized spacial score (nSPS) is 15.7. The maximum Gasteiger partial charge on any atom is 0.331 e. The lowest BCUT2D eigenvalue weighted by atomic mass is 10.1. The van der Waals surface area contributed by atoms with Crippen LogP contribution < -0.4 is 10.1 Å². The van der Waals surface area contributed by atoms with Crippen LogP contribution in [0.3, 0.4) is 0 Å². The van der Waals surface area contributed by atoms with Gasteiger partial charge in [0.1, 0.15) is 5.75 Å². The van der Waals surface area contributed by atoms with Gasteiger partial charge in [-0.3, -0.25) is 4.79 Å². The average Bonchev–Trinajstić information content (AvgIpc) is 2.87. The molecule has 5 nitrogen and oxygen atoms in total. The molecule has 0 aliphatic heterocycles. The van der Waals surface area contributed by atoms with Gasteiger partial charge in [-0.2, -0.15) is 0 Å². The Hall–Kier alpha value is -2.30. The zero-order valence-corrected chi connectivity index (χ0v) is 14.1. The van der Waals surface area contributed by atoms with E-state index in [0.717, 1.165) is 31.2 Å². The van der Waals surface area contributed by atoms with E-state index >= 15 is 0 Å². The fourth-order valence-corrected chi connectivity index (χ4v) is 2.79. The Bertz CT molecular complexity index is 574. The first-order chi connectivity index (χ1) is 11.7. The Balaban J connectivity index is 1.73. The van der Waals surface area contributed by atoms with E-state index in [1.165, 1.54) is 18.9 Å². The molecule has 0 spiro atoms. The summed E-state index contributed by atoms with van der Waals surface area (Å²) in [6.45, 7) is -0.238. The molecule has 5 heteroatoms. The molecule has 0 unspecified atom stereocenters. The Morgan fingerprint density at radius 2 is 1.96 bits per heavy atom. The van der Waals surface area contributed by atoms with E-state index in [9.17, 15) is 9.59 Å². The van der Waals surface area contributed by atoms with Crippen LogP contribution in [0.4, 0.5) is 0 Å². The summed E-state index contributed by atoms with van der Waals surface area (Å²) in [6.07, 6.45) is 9.72. The Morgan fingerprint density at radius 3 is 2.67 bits per heavy atom. The van der Waals surface area contributed by atoms with Gasteiger partial charge in [0.25, 0.3) is 5.91 Å². The second-order valence-electron chi connectivity index (χ2n) is 5.97. The van der Waals surface area contributed by atoms with Crippen LogP contribution in [0.2, 0.25) is 0 Å². The highest BCUT2D eigenvalue weighted by molar-refractivity contribution is 5.89. The smallest absolute Gasteiger partial charge is 0.331 e. The highest BCUT2D eigenvalue weighted by Gasteiger charge is 2.15. The molecular weight excluding hydrogens is 306 g/mol. The Labute approximate surface area is 143 Å². The van der Waals surface area contributed by atoms with Gasteiger partial charge >= 0.3 is 5.97 Å². The van der Waals surface area contributed by atoms with Crippen molar-refractivity contribution in [3.63, 3.8) is 0 Å².